The number of halogens is 1. The normalized spacial score (nSPS) is 17.3. The summed E-state index contributed by atoms with van der Waals surface area (Å²) in [6, 6.07) is 1.96. The molecule has 0 fully saturated rings. The Morgan fingerprint density at radius 2 is 1.95 bits per heavy atom. The van der Waals surface area contributed by atoms with E-state index in [0.29, 0.717) is 24.9 Å². The number of hydrogen-bond acceptors (Lipinski definition) is 3. The molecular weight excluding hydrogens is 393 g/mol. The van der Waals surface area contributed by atoms with Gasteiger partial charge in [0.1, 0.15) is 0 Å². The lowest BCUT2D eigenvalue weighted by molar-refractivity contribution is 0.0983. The van der Waals surface area contributed by atoms with Gasteiger partial charge in [0.05, 0.1) is 11.8 Å². The standard InChI is InChI=1S/C17H20INO3/c1-10(2)22-17(21)19-8-4-7-15(20)13-9-14(18)11-5-3-6-12(11)16(13)19/h9-10H,3-8H2,1-2H3. The molecule has 1 aliphatic carbocycles. The van der Waals surface area contributed by atoms with Crippen molar-refractivity contribution in [3.8, 4) is 0 Å². The first-order valence-electron chi connectivity index (χ1n) is 7.84. The van der Waals surface area contributed by atoms with Gasteiger partial charge in [0.25, 0.3) is 0 Å². The summed E-state index contributed by atoms with van der Waals surface area (Å²) in [5.74, 6) is 0.141. The molecule has 0 N–H and O–H groups in total. The molecule has 1 amide bonds. The number of fused-ring (bicyclic) bond motifs is 3. The van der Waals surface area contributed by atoms with Crippen LogP contribution in [0.5, 0.6) is 0 Å². The van der Waals surface area contributed by atoms with E-state index in [1.54, 1.807) is 4.90 Å². The van der Waals surface area contributed by atoms with Crippen molar-refractivity contribution in [3.63, 3.8) is 0 Å². The Morgan fingerprint density at radius 3 is 2.68 bits per heavy atom. The van der Waals surface area contributed by atoms with Crippen LogP contribution in [0.15, 0.2) is 6.07 Å². The second kappa shape index (κ2) is 6.18. The van der Waals surface area contributed by atoms with Crippen LogP contribution >= 0.6 is 22.6 Å². The van der Waals surface area contributed by atoms with Crippen molar-refractivity contribution in [3.05, 3.63) is 26.3 Å². The van der Waals surface area contributed by atoms with Crippen molar-refractivity contribution in [2.24, 2.45) is 0 Å². The molecule has 0 spiro atoms. The minimum atomic E-state index is -0.332. The van der Waals surface area contributed by atoms with Crippen LogP contribution in [0.1, 0.15) is 54.6 Å². The topological polar surface area (TPSA) is 46.6 Å². The van der Waals surface area contributed by atoms with Crippen LogP contribution in [0.3, 0.4) is 0 Å². The van der Waals surface area contributed by atoms with Crippen molar-refractivity contribution < 1.29 is 14.3 Å². The zero-order valence-corrected chi connectivity index (χ0v) is 15.1. The highest BCUT2D eigenvalue weighted by Gasteiger charge is 2.32. The highest BCUT2D eigenvalue weighted by Crippen LogP contribution is 2.40. The second-order valence-corrected chi connectivity index (χ2v) is 7.34. The molecule has 0 unspecified atom stereocenters. The molecule has 22 heavy (non-hydrogen) atoms. The number of ketones is 1. The summed E-state index contributed by atoms with van der Waals surface area (Å²) < 4.78 is 6.55. The summed E-state index contributed by atoms with van der Waals surface area (Å²) >= 11 is 2.31. The van der Waals surface area contributed by atoms with Crippen LogP contribution in [0, 0.1) is 3.57 Å². The zero-order chi connectivity index (χ0) is 15.9. The minimum Gasteiger partial charge on any atom is -0.446 e. The smallest absolute Gasteiger partial charge is 0.414 e. The zero-order valence-electron chi connectivity index (χ0n) is 12.9. The Labute approximate surface area is 144 Å². The van der Waals surface area contributed by atoms with Crippen molar-refractivity contribution in [1.29, 1.82) is 0 Å². The second-order valence-electron chi connectivity index (χ2n) is 6.18. The average Bonchev–Trinajstić information content (AvgIpc) is 2.87. The third-order valence-corrected chi connectivity index (χ3v) is 5.19. The first-order valence-corrected chi connectivity index (χ1v) is 8.92. The molecule has 1 aromatic carbocycles. The summed E-state index contributed by atoms with van der Waals surface area (Å²) in [6.45, 7) is 4.25. The van der Waals surface area contributed by atoms with E-state index in [0.717, 1.165) is 28.5 Å². The number of carbonyl (C=O) groups excluding carboxylic acids is 2. The van der Waals surface area contributed by atoms with E-state index >= 15 is 0 Å². The van der Waals surface area contributed by atoms with Crippen molar-refractivity contribution in [2.45, 2.75) is 52.1 Å². The van der Waals surface area contributed by atoms with Crippen molar-refractivity contribution in [1.82, 2.24) is 0 Å². The van der Waals surface area contributed by atoms with Crippen molar-refractivity contribution >= 4 is 40.2 Å². The molecule has 5 heteroatoms. The van der Waals surface area contributed by atoms with Gasteiger partial charge in [-0.15, -0.1) is 0 Å². The maximum absolute atomic E-state index is 12.5. The largest absolute Gasteiger partial charge is 0.446 e. The first kappa shape index (κ1) is 15.8. The molecule has 2 aliphatic rings. The monoisotopic (exact) mass is 413 g/mol. The highest BCUT2D eigenvalue weighted by molar-refractivity contribution is 14.1. The summed E-state index contributed by atoms with van der Waals surface area (Å²) in [5.41, 5.74) is 4.00. The fourth-order valence-electron chi connectivity index (χ4n) is 3.33. The molecule has 1 aliphatic heterocycles. The molecule has 0 bridgehead atoms. The lowest BCUT2D eigenvalue weighted by Crippen LogP contribution is -2.34. The molecule has 118 valence electrons. The Balaban J connectivity index is 2.13. The molecule has 0 atom stereocenters. The Kier molecular flexibility index (Phi) is 4.43. The predicted octanol–water partition coefficient (Wildman–Crippen LogP) is 4.11. The Morgan fingerprint density at radius 1 is 1.23 bits per heavy atom. The molecule has 3 rings (SSSR count). The number of Topliss-reactive ketones (excluding diaryl/α,β-unsaturated/α-hetero) is 1. The van der Waals surface area contributed by atoms with Gasteiger partial charge in [0, 0.05) is 22.1 Å². The molecule has 0 saturated heterocycles. The van der Waals surface area contributed by atoms with Crippen LogP contribution < -0.4 is 4.90 Å². The minimum absolute atomic E-state index is 0.141. The quantitative estimate of drug-likeness (QED) is 0.652. The Hall–Kier alpha value is -1.11. The van der Waals surface area contributed by atoms with E-state index in [-0.39, 0.29) is 18.0 Å². The SMILES string of the molecule is CC(C)OC(=O)N1CCCC(=O)c2cc(I)c3c(c21)CCC3. The predicted molar refractivity (Wildman–Crippen MR) is 93.7 cm³/mol. The van der Waals surface area contributed by atoms with Gasteiger partial charge >= 0.3 is 6.09 Å². The average molecular weight is 413 g/mol. The van der Waals surface area contributed by atoms with E-state index < -0.39 is 0 Å². The van der Waals surface area contributed by atoms with Crippen LogP contribution in [-0.4, -0.2) is 24.5 Å². The molecular formula is C17H20INO3. The molecule has 4 nitrogen and oxygen atoms in total. The van der Waals surface area contributed by atoms with Gasteiger partial charge in [-0.1, -0.05) is 0 Å². The van der Waals surface area contributed by atoms with E-state index in [9.17, 15) is 9.59 Å². The number of ether oxygens (including phenoxy) is 1. The van der Waals surface area contributed by atoms with Gasteiger partial charge < -0.3 is 4.74 Å². The van der Waals surface area contributed by atoms with Gasteiger partial charge in [-0.3, -0.25) is 9.69 Å². The summed E-state index contributed by atoms with van der Waals surface area (Å²) in [7, 11) is 0. The van der Waals surface area contributed by atoms with Gasteiger partial charge in [-0.2, -0.15) is 0 Å². The van der Waals surface area contributed by atoms with Gasteiger partial charge in [-0.25, -0.2) is 4.79 Å². The van der Waals surface area contributed by atoms with Gasteiger partial charge in [-0.05, 0) is 79.3 Å². The highest BCUT2D eigenvalue weighted by atomic mass is 127. The van der Waals surface area contributed by atoms with Crippen LogP contribution in [0.2, 0.25) is 0 Å². The Bertz CT molecular complexity index is 639. The summed E-state index contributed by atoms with van der Waals surface area (Å²) in [6.07, 6.45) is 3.74. The maximum Gasteiger partial charge on any atom is 0.414 e. The molecule has 1 heterocycles. The van der Waals surface area contributed by atoms with E-state index in [4.69, 9.17) is 4.74 Å². The number of hydrogen-bond donors (Lipinski definition) is 0. The number of carbonyl (C=O) groups is 2. The fourth-order valence-corrected chi connectivity index (χ4v) is 4.23. The van der Waals surface area contributed by atoms with Crippen LogP contribution in [0.4, 0.5) is 10.5 Å². The number of anilines is 1. The molecule has 1 aromatic rings. The molecule has 0 aromatic heterocycles. The van der Waals surface area contributed by atoms with E-state index in [2.05, 4.69) is 22.6 Å². The first-order chi connectivity index (χ1) is 10.5. The van der Waals surface area contributed by atoms with E-state index in [1.807, 2.05) is 19.9 Å². The van der Waals surface area contributed by atoms with Crippen molar-refractivity contribution in [2.75, 3.05) is 11.4 Å². The number of rotatable bonds is 1. The van der Waals surface area contributed by atoms with Crippen LogP contribution in [0.25, 0.3) is 0 Å². The third kappa shape index (κ3) is 2.75. The lowest BCUT2D eigenvalue weighted by Gasteiger charge is -2.26. The van der Waals surface area contributed by atoms with Crippen LogP contribution in [-0.2, 0) is 17.6 Å². The number of benzene rings is 1. The van der Waals surface area contributed by atoms with Gasteiger partial charge in [0.15, 0.2) is 5.78 Å². The summed E-state index contributed by atoms with van der Waals surface area (Å²) in [4.78, 5) is 26.7. The summed E-state index contributed by atoms with van der Waals surface area (Å²) in [5, 5.41) is 0. The molecule has 0 radical (unpaired) electrons. The maximum atomic E-state index is 12.5. The third-order valence-electron chi connectivity index (χ3n) is 4.23. The van der Waals surface area contributed by atoms with Gasteiger partial charge in [0.2, 0.25) is 0 Å². The fraction of sp³-hybridized carbons (Fsp3) is 0.529. The van der Waals surface area contributed by atoms with E-state index in [1.165, 1.54) is 11.1 Å². The lowest BCUT2D eigenvalue weighted by atomic mass is 9.99. The number of nitrogens with zero attached hydrogens (tertiary/aromatic N) is 1. The molecule has 0 saturated carbocycles. The number of amides is 1.